The van der Waals surface area contributed by atoms with Crippen LogP contribution in [0.25, 0.3) is 0 Å². The van der Waals surface area contributed by atoms with E-state index in [9.17, 15) is 21.6 Å². The van der Waals surface area contributed by atoms with E-state index in [1.807, 2.05) is 0 Å². The molecule has 0 N–H and O–H groups in total. The normalized spacial score (nSPS) is 19.4. The molecular formula is C43H61N2O5S2+. The Labute approximate surface area is 314 Å². The van der Waals surface area contributed by atoms with Gasteiger partial charge in [-0.3, -0.25) is 0 Å². The van der Waals surface area contributed by atoms with Crippen molar-refractivity contribution in [1.29, 1.82) is 0 Å². The average molecular weight is 750 g/mol. The second-order valence-corrected chi connectivity index (χ2v) is 20.4. The summed E-state index contributed by atoms with van der Waals surface area (Å²) in [6.07, 6.45) is 20.5. The molecule has 2 aliphatic rings. The zero-order chi connectivity index (χ0) is 38.3. The van der Waals surface area contributed by atoms with Crippen LogP contribution < -0.4 is 4.90 Å². The minimum atomic E-state index is -3.04. The maximum atomic E-state index is 11.9. The SMILES string of the molecule is CC(=O)CCCCC[N+]1=C(/C=C/C=C/C=C2\N(CCCCS(C)(=O)=O)c3ccc(C)cc3C2(C)CCCCS(C)(=O)=O)C(C)(C)c2cc(C)ccc21. The predicted octanol–water partition coefficient (Wildman–Crippen LogP) is 8.64. The van der Waals surface area contributed by atoms with Gasteiger partial charge in [-0.15, -0.1) is 0 Å². The van der Waals surface area contributed by atoms with Crippen LogP contribution in [0.1, 0.15) is 108 Å². The Kier molecular flexibility index (Phi) is 13.7. The van der Waals surface area contributed by atoms with E-state index in [0.29, 0.717) is 25.8 Å². The lowest BCUT2D eigenvalue weighted by Crippen LogP contribution is -2.29. The topological polar surface area (TPSA) is 91.6 Å². The molecule has 2 aromatic carbocycles. The Morgan fingerprint density at radius 2 is 1.40 bits per heavy atom. The number of aryl methyl sites for hydroxylation is 2. The summed E-state index contributed by atoms with van der Waals surface area (Å²) in [5, 5.41) is 0. The molecular weight excluding hydrogens is 689 g/mol. The number of rotatable bonds is 19. The van der Waals surface area contributed by atoms with Crippen molar-refractivity contribution >= 4 is 42.5 Å². The summed E-state index contributed by atoms with van der Waals surface area (Å²) in [4.78, 5) is 13.8. The molecule has 52 heavy (non-hydrogen) atoms. The summed E-state index contributed by atoms with van der Waals surface area (Å²) < 4.78 is 50.1. The Morgan fingerprint density at radius 1 is 0.769 bits per heavy atom. The second-order valence-electron chi connectivity index (χ2n) is 15.9. The molecule has 0 saturated carbocycles. The van der Waals surface area contributed by atoms with Gasteiger partial charge in [0.05, 0.1) is 5.41 Å². The number of carbonyl (C=O) groups excluding carboxylic acids is 1. The molecule has 2 aromatic rings. The monoisotopic (exact) mass is 749 g/mol. The summed E-state index contributed by atoms with van der Waals surface area (Å²) in [6.45, 7) is 14.4. The molecule has 4 rings (SSSR count). The molecule has 9 heteroatoms. The molecule has 2 aliphatic heterocycles. The minimum absolute atomic E-state index is 0.165. The summed E-state index contributed by atoms with van der Waals surface area (Å²) >= 11 is 0. The zero-order valence-electron chi connectivity index (χ0n) is 32.8. The molecule has 0 spiro atoms. The van der Waals surface area contributed by atoms with E-state index < -0.39 is 19.7 Å². The number of hydrogen-bond acceptors (Lipinski definition) is 6. The van der Waals surface area contributed by atoms with Crippen molar-refractivity contribution in [2.75, 3.05) is 42.0 Å². The lowest BCUT2D eigenvalue weighted by Gasteiger charge is -2.30. The van der Waals surface area contributed by atoms with Gasteiger partial charge in [0, 0.05) is 77.9 Å². The molecule has 0 aromatic heterocycles. The van der Waals surface area contributed by atoms with Crippen LogP contribution in [-0.4, -0.2) is 70.0 Å². The highest BCUT2D eigenvalue weighted by Gasteiger charge is 2.44. The number of allylic oxidation sites excluding steroid dienone is 6. The highest BCUT2D eigenvalue weighted by molar-refractivity contribution is 7.90. The number of nitrogens with zero attached hydrogens (tertiary/aromatic N) is 2. The first kappa shape index (κ1) is 41.5. The van der Waals surface area contributed by atoms with Gasteiger partial charge in [0.15, 0.2) is 5.71 Å². The molecule has 0 aliphatic carbocycles. The number of fused-ring (bicyclic) bond motifs is 2. The van der Waals surface area contributed by atoms with Crippen molar-refractivity contribution < 1.29 is 26.2 Å². The second kappa shape index (κ2) is 17.2. The number of ketones is 1. The van der Waals surface area contributed by atoms with Gasteiger partial charge in [0.1, 0.15) is 32.0 Å². The van der Waals surface area contributed by atoms with Crippen LogP contribution in [0.4, 0.5) is 11.4 Å². The van der Waals surface area contributed by atoms with Gasteiger partial charge in [0.25, 0.3) is 0 Å². The fourth-order valence-corrected chi connectivity index (χ4v) is 9.31. The first-order valence-corrected chi connectivity index (χ1v) is 23.0. The molecule has 1 atom stereocenters. The number of benzene rings is 2. The third kappa shape index (κ3) is 10.6. The number of anilines is 1. The quantitative estimate of drug-likeness (QED) is 0.0812. The van der Waals surface area contributed by atoms with Crippen LogP contribution in [-0.2, 0) is 35.3 Å². The Hall–Kier alpha value is -3.30. The maximum Gasteiger partial charge on any atom is 0.209 e. The van der Waals surface area contributed by atoms with E-state index in [2.05, 4.69) is 111 Å². The molecule has 284 valence electrons. The van der Waals surface area contributed by atoms with Crippen LogP contribution in [0.15, 0.2) is 72.5 Å². The molecule has 0 fully saturated rings. The maximum absolute atomic E-state index is 11.9. The Morgan fingerprint density at radius 3 is 2.06 bits per heavy atom. The van der Waals surface area contributed by atoms with E-state index in [0.717, 1.165) is 56.5 Å². The van der Waals surface area contributed by atoms with Crippen LogP contribution in [0.3, 0.4) is 0 Å². The minimum Gasteiger partial charge on any atom is -0.344 e. The van der Waals surface area contributed by atoms with Gasteiger partial charge in [0.2, 0.25) is 5.69 Å². The third-order valence-electron chi connectivity index (χ3n) is 10.7. The van der Waals surface area contributed by atoms with Crippen molar-refractivity contribution in [3.63, 3.8) is 0 Å². The first-order valence-electron chi connectivity index (χ1n) is 18.9. The summed E-state index contributed by atoms with van der Waals surface area (Å²) in [5.41, 5.74) is 9.30. The number of sulfone groups is 2. The largest absolute Gasteiger partial charge is 0.344 e. The van der Waals surface area contributed by atoms with Gasteiger partial charge in [-0.1, -0.05) is 54.0 Å². The van der Waals surface area contributed by atoms with Crippen molar-refractivity contribution in [3.8, 4) is 0 Å². The number of unbranched alkanes of at least 4 members (excludes halogenated alkanes) is 4. The van der Waals surface area contributed by atoms with Gasteiger partial charge in [-0.05, 0) is 104 Å². The molecule has 0 radical (unpaired) electrons. The molecule has 0 amide bonds. The van der Waals surface area contributed by atoms with E-state index in [4.69, 9.17) is 0 Å². The van der Waals surface area contributed by atoms with Crippen LogP contribution in [0, 0.1) is 13.8 Å². The summed E-state index contributed by atoms with van der Waals surface area (Å²) in [7, 11) is -6.08. The van der Waals surface area contributed by atoms with Gasteiger partial charge < -0.3 is 9.69 Å². The number of carbonyl (C=O) groups is 1. The van der Waals surface area contributed by atoms with Gasteiger partial charge in [-0.25, -0.2) is 16.8 Å². The fourth-order valence-electron chi connectivity index (χ4n) is 7.86. The molecule has 7 nitrogen and oxygen atoms in total. The Bertz CT molecular complexity index is 1970. The van der Waals surface area contributed by atoms with E-state index in [-0.39, 0.29) is 28.1 Å². The van der Waals surface area contributed by atoms with E-state index in [1.54, 1.807) is 6.92 Å². The standard InChI is InChI=1S/C43H61N2O5S2/c1-33-22-24-38-36(31-33)42(4,5)40(44(38)27-15-10-11-19-35(3)46)20-12-9-13-21-41-43(6,26-14-17-29-51(7,47)48)37-32-34(2)23-25-39(37)45(41)28-16-18-30-52(8,49)50/h9,12-13,20-25,31-32H,10-11,14-19,26-30H2,1-8H3/q+1. The highest BCUT2D eigenvalue weighted by Crippen LogP contribution is 2.51. The molecule has 0 bridgehead atoms. The van der Waals surface area contributed by atoms with E-state index in [1.165, 1.54) is 46.2 Å². The van der Waals surface area contributed by atoms with Crippen molar-refractivity contribution in [2.24, 2.45) is 0 Å². The zero-order valence-corrected chi connectivity index (χ0v) is 34.4. The van der Waals surface area contributed by atoms with Crippen molar-refractivity contribution in [1.82, 2.24) is 0 Å². The van der Waals surface area contributed by atoms with E-state index >= 15 is 0 Å². The lowest BCUT2D eigenvalue weighted by atomic mass is 9.77. The van der Waals surface area contributed by atoms with Gasteiger partial charge >= 0.3 is 0 Å². The first-order chi connectivity index (χ1) is 24.3. The van der Waals surface area contributed by atoms with Gasteiger partial charge in [-0.2, -0.15) is 4.58 Å². The lowest BCUT2D eigenvalue weighted by molar-refractivity contribution is -0.438. The van der Waals surface area contributed by atoms with Crippen molar-refractivity contribution in [2.45, 2.75) is 110 Å². The smallest absolute Gasteiger partial charge is 0.209 e. The number of hydrogen-bond donors (Lipinski definition) is 0. The summed E-state index contributed by atoms with van der Waals surface area (Å²) in [5.74, 6) is 0.595. The molecule has 0 saturated heterocycles. The molecule has 2 heterocycles. The summed E-state index contributed by atoms with van der Waals surface area (Å²) in [6, 6.07) is 13.3. The fraction of sp³-hybridized carbons (Fsp3) is 0.535. The van der Waals surface area contributed by atoms with Crippen LogP contribution in [0.5, 0.6) is 0 Å². The Balaban J connectivity index is 1.66. The van der Waals surface area contributed by atoms with Crippen molar-refractivity contribution in [3.05, 3.63) is 94.7 Å². The predicted molar refractivity (Wildman–Crippen MR) is 218 cm³/mol. The highest BCUT2D eigenvalue weighted by atomic mass is 32.2. The van der Waals surface area contributed by atoms with Crippen LogP contribution in [0.2, 0.25) is 0 Å². The average Bonchev–Trinajstić information content (AvgIpc) is 3.39. The molecule has 1 unspecified atom stereocenters. The van der Waals surface area contributed by atoms with Crippen LogP contribution >= 0.6 is 0 Å². The number of Topliss-reactive ketones (excluding diaryl/α,β-unsaturated/α-hetero) is 1. The third-order valence-corrected chi connectivity index (χ3v) is 12.7.